The van der Waals surface area contributed by atoms with Gasteiger partial charge in [0.1, 0.15) is 0 Å². The standard InChI is InChI=1S/C12H19NO4S/c1-9-4-10(2)6-11(5-9)18(16,17)13-12(3,7-14)8-15/h4-6,13-15H,7-8H2,1-3H3. The minimum absolute atomic E-state index is 0.133. The molecule has 0 amide bonds. The summed E-state index contributed by atoms with van der Waals surface area (Å²) in [5.41, 5.74) is 0.409. The monoisotopic (exact) mass is 273 g/mol. The van der Waals surface area contributed by atoms with Crippen LogP contribution in [0.2, 0.25) is 0 Å². The van der Waals surface area contributed by atoms with Crippen LogP contribution in [0.1, 0.15) is 18.1 Å². The van der Waals surface area contributed by atoms with Crippen molar-refractivity contribution in [2.45, 2.75) is 31.2 Å². The summed E-state index contributed by atoms with van der Waals surface area (Å²) in [6.45, 7) is 4.10. The van der Waals surface area contributed by atoms with Gasteiger partial charge in [0.05, 0.1) is 23.6 Å². The second kappa shape index (κ2) is 5.36. The second-order valence-corrected chi connectivity index (χ2v) is 6.49. The van der Waals surface area contributed by atoms with Crippen LogP contribution in [0.25, 0.3) is 0 Å². The molecule has 0 saturated heterocycles. The topological polar surface area (TPSA) is 86.6 Å². The molecule has 1 aromatic carbocycles. The summed E-state index contributed by atoms with van der Waals surface area (Å²) < 4.78 is 26.6. The lowest BCUT2D eigenvalue weighted by Gasteiger charge is -2.25. The molecule has 0 heterocycles. The molecule has 0 fully saturated rings. The molecule has 102 valence electrons. The average molecular weight is 273 g/mol. The maximum atomic E-state index is 12.1. The van der Waals surface area contributed by atoms with Gasteiger partial charge in [0.25, 0.3) is 0 Å². The van der Waals surface area contributed by atoms with Crippen LogP contribution in [0.5, 0.6) is 0 Å². The lowest BCUT2D eigenvalue weighted by molar-refractivity contribution is 0.122. The summed E-state index contributed by atoms with van der Waals surface area (Å²) in [7, 11) is -3.76. The van der Waals surface area contributed by atoms with E-state index in [1.807, 2.05) is 19.9 Å². The molecule has 5 nitrogen and oxygen atoms in total. The van der Waals surface area contributed by atoms with E-state index in [9.17, 15) is 8.42 Å². The van der Waals surface area contributed by atoms with E-state index in [0.717, 1.165) is 11.1 Å². The fourth-order valence-corrected chi connectivity index (χ4v) is 3.16. The van der Waals surface area contributed by atoms with Gasteiger partial charge in [0.2, 0.25) is 10.0 Å². The highest BCUT2D eigenvalue weighted by Gasteiger charge is 2.29. The lowest BCUT2D eigenvalue weighted by atomic mass is 10.1. The Morgan fingerprint density at radius 2 is 1.56 bits per heavy atom. The fourth-order valence-electron chi connectivity index (χ4n) is 1.59. The number of hydrogen-bond acceptors (Lipinski definition) is 4. The van der Waals surface area contributed by atoms with Crippen LogP contribution in [0.15, 0.2) is 23.1 Å². The van der Waals surface area contributed by atoms with Crippen molar-refractivity contribution in [2.75, 3.05) is 13.2 Å². The Kier molecular flexibility index (Phi) is 4.50. The highest BCUT2D eigenvalue weighted by Crippen LogP contribution is 2.16. The molecule has 3 N–H and O–H groups in total. The summed E-state index contributed by atoms with van der Waals surface area (Å²) in [6.07, 6.45) is 0. The quantitative estimate of drug-likeness (QED) is 0.721. The van der Waals surface area contributed by atoms with Gasteiger partial charge >= 0.3 is 0 Å². The van der Waals surface area contributed by atoms with Crippen molar-refractivity contribution < 1.29 is 18.6 Å². The molecule has 1 aromatic rings. The van der Waals surface area contributed by atoms with Crippen LogP contribution >= 0.6 is 0 Å². The minimum atomic E-state index is -3.76. The third-order valence-corrected chi connectivity index (χ3v) is 4.20. The Labute approximate surface area is 108 Å². The van der Waals surface area contributed by atoms with Crippen LogP contribution in [0, 0.1) is 13.8 Å². The van der Waals surface area contributed by atoms with Gasteiger partial charge in [0, 0.05) is 0 Å². The maximum absolute atomic E-state index is 12.1. The third-order valence-electron chi connectivity index (χ3n) is 2.58. The van der Waals surface area contributed by atoms with Crippen molar-refractivity contribution in [3.63, 3.8) is 0 Å². The Bertz CT molecular complexity index is 501. The largest absolute Gasteiger partial charge is 0.394 e. The molecule has 0 aliphatic heterocycles. The maximum Gasteiger partial charge on any atom is 0.241 e. The second-order valence-electron chi connectivity index (χ2n) is 4.81. The van der Waals surface area contributed by atoms with Gasteiger partial charge in [-0.25, -0.2) is 13.1 Å². The van der Waals surface area contributed by atoms with E-state index in [1.54, 1.807) is 12.1 Å². The summed E-state index contributed by atoms with van der Waals surface area (Å²) in [5, 5.41) is 18.2. The van der Waals surface area contributed by atoms with Crippen LogP contribution in [-0.2, 0) is 10.0 Å². The molecule has 18 heavy (non-hydrogen) atoms. The van der Waals surface area contributed by atoms with Crippen LogP contribution in [0.3, 0.4) is 0 Å². The highest BCUT2D eigenvalue weighted by atomic mass is 32.2. The molecular weight excluding hydrogens is 254 g/mol. The van der Waals surface area contributed by atoms with Crippen molar-refractivity contribution in [1.29, 1.82) is 0 Å². The number of aliphatic hydroxyl groups excluding tert-OH is 2. The van der Waals surface area contributed by atoms with Crippen molar-refractivity contribution in [3.8, 4) is 0 Å². The molecule has 0 aliphatic rings. The molecule has 0 unspecified atom stereocenters. The van der Waals surface area contributed by atoms with E-state index in [4.69, 9.17) is 10.2 Å². The van der Waals surface area contributed by atoms with E-state index in [0.29, 0.717) is 0 Å². The first kappa shape index (κ1) is 15.1. The van der Waals surface area contributed by atoms with Gasteiger partial charge in [0.15, 0.2) is 0 Å². The van der Waals surface area contributed by atoms with Crippen molar-refractivity contribution in [3.05, 3.63) is 29.3 Å². The first-order chi connectivity index (χ1) is 8.22. The SMILES string of the molecule is Cc1cc(C)cc(S(=O)(=O)NC(C)(CO)CO)c1. The highest BCUT2D eigenvalue weighted by molar-refractivity contribution is 7.89. The van der Waals surface area contributed by atoms with Crippen molar-refractivity contribution in [1.82, 2.24) is 4.72 Å². The third kappa shape index (κ3) is 3.52. The Balaban J connectivity index is 3.14. The Morgan fingerprint density at radius 1 is 1.11 bits per heavy atom. The van der Waals surface area contributed by atoms with Crippen LogP contribution in [0.4, 0.5) is 0 Å². The first-order valence-corrected chi connectivity index (χ1v) is 7.05. The van der Waals surface area contributed by atoms with Gasteiger partial charge in [-0.1, -0.05) is 6.07 Å². The molecule has 1 rings (SSSR count). The van der Waals surface area contributed by atoms with Gasteiger partial charge in [-0.2, -0.15) is 0 Å². The molecular formula is C12H19NO4S. The molecule has 6 heteroatoms. The zero-order valence-corrected chi connectivity index (χ0v) is 11.6. The van der Waals surface area contributed by atoms with Crippen molar-refractivity contribution in [2.24, 2.45) is 0 Å². The Morgan fingerprint density at radius 3 is 1.94 bits per heavy atom. The van der Waals surface area contributed by atoms with Crippen molar-refractivity contribution >= 4 is 10.0 Å². The van der Waals surface area contributed by atoms with E-state index < -0.39 is 28.8 Å². The van der Waals surface area contributed by atoms with Gasteiger partial charge < -0.3 is 10.2 Å². The summed E-state index contributed by atoms with van der Waals surface area (Å²) in [5.74, 6) is 0. The summed E-state index contributed by atoms with van der Waals surface area (Å²) in [6, 6.07) is 4.96. The number of aryl methyl sites for hydroxylation is 2. The first-order valence-electron chi connectivity index (χ1n) is 5.56. The van der Waals surface area contributed by atoms with Gasteiger partial charge in [-0.15, -0.1) is 0 Å². The number of rotatable bonds is 5. The zero-order chi connectivity index (χ0) is 14.0. The average Bonchev–Trinajstić information content (AvgIpc) is 2.27. The molecule has 0 saturated carbocycles. The Hall–Kier alpha value is -0.950. The predicted octanol–water partition coefficient (Wildman–Crippen LogP) is 0.325. The summed E-state index contributed by atoms with van der Waals surface area (Å²) in [4.78, 5) is 0.133. The van der Waals surface area contributed by atoms with Crippen LogP contribution in [-0.4, -0.2) is 37.4 Å². The molecule has 0 spiro atoms. The normalized spacial score (nSPS) is 12.7. The lowest BCUT2D eigenvalue weighted by Crippen LogP contribution is -2.51. The molecule has 0 aromatic heterocycles. The summed E-state index contributed by atoms with van der Waals surface area (Å²) >= 11 is 0. The number of sulfonamides is 1. The number of aliphatic hydroxyl groups is 2. The van der Waals surface area contributed by atoms with Gasteiger partial charge in [-0.3, -0.25) is 0 Å². The zero-order valence-electron chi connectivity index (χ0n) is 10.8. The fraction of sp³-hybridized carbons (Fsp3) is 0.500. The molecule has 0 radical (unpaired) electrons. The molecule has 0 bridgehead atoms. The number of benzene rings is 1. The van der Waals surface area contributed by atoms with E-state index in [2.05, 4.69) is 4.72 Å². The van der Waals surface area contributed by atoms with E-state index in [-0.39, 0.29) is 4.90 Å². The minimum Gasteiger partial charge on any atom is -0.394 e. The van der Waals surface area contributed by atoms with E-state index in [1.165, 1.54) is 6.92 Å². The smallest absolute Gasteiger partial charge is 0.241 e. The van der Waals surface area contributed by atoms with E-state index >= 15 is 0 Å². The molecule has 0 aliphatic carbocycles. The number of nitrogens with one attached hydrogen (secondary N) is 1. The molecule has 0 atom stereocenters. The predicted molar refractivity (Wildman–Crippen MR) is 68.8 cm³/mol. The number of hydrogen-bond donors (Lipinski definition) is 3. The van der Waals surface area contributed by atoms with Crippen LogP contribution < -0.4 is 4.72 Å². The van der Waals surface area contributed by atoms with Gasteiger partial charge in [-0.05, 0) is 44.0 Å².